The van der Waals surface area contributed by atoms with Crippen LogP contribution in [0.2, 0.25) is 0 Å². The maximum atomic E-state index is 2.27. The van der Waals surface area contributed by atoms with Crippen LogP contribution in [0.4, 0.5) is 0 Å². The fourth-order valence-corrected chi connectivity index (χ4v) is 5.45. The van der Waals surface area contributed by atoms with E-state index in [9.17, 15) is 0 Å². The molecule has 0 heterocycles. The van der Waals surface area contributed by atoms with Crippen molar-refractivity contribution in [2.24, 2.45) is 0 Å². The molecule has 0 aliphatic heterocycles. The molecule has 0 saturated carbocycles. The standard InChI is InChI=1S/2C17H11.CH4.2ClH.V/c2*1-3-7-15-12(5-1)9-10-14-11-13-6-2-4-8-16(13)17(14)15;;;;/h2*1-11H;1H4;2*1H;/q2*-1;;;;+4/p-2. The molecule has 3 heteroatoms. The van der Waals surface area contributed by atoms with Crippen molar-refractivity contribution in [3.8, 4) is 0 Å². The van der Waals surface area contributed by atoms with E-state index in [2.05, 4.69) is 133 Å². The van der Waals surface area contributed by atoms with Crippen LogP contribution < -0.4 is 24.8 Å². The van der Waals surface area contributed by atoms with Crippen LogP contribution in [-0.4, -0.2) is 0 Å². The van der Waals surface area contributed by atoms with E-state index in [0.717, 1.165) is 0 Å². The predicted octanol–water partition coefficient (Wildman–Crippen LogP) is 4.37. The van der Waals surface area contributed by atoms with Crippen LogP contribution in [0.1, 0.15) is 7.43 Å². The molecular weight excluding hydrogens is 542 g/mol. The summed E-state index contributed by atoms with van der Waals surface area (Å²) in [5.41, 5.74) is 0. The van der Waals surface area contributed by atoms with Crippen LogP contribution in [-0.2, 0) is 18.6 Å². The molecule has 0 saturated heterocycles. The fraction of sp³-hybridized carbons (Fsp3) is 0.0286. The van der Waals surface area contributed by atoms with Gasteiger partial charge in [-0.15, -0.1) is 79.5 Å². The first-order chi connectivity index (χ1) is 16.9. The van der Waals surface area contributed by atoms with Crippen molar-refractivity contribution in [1.82, 2.24) is 0 Å². The zero-order valence-corrected chi connectivity index (χ0v) is 22.8. The number of benzene rings is 6. The van der Waals surface area contributed by atoms with Crippen LogP contribution in [0.15, 0.2) is 133 Å². The molecule has 0 atom stereocenters. The minimum absolute atomic E-state index is 0. The second-order valence-electron chi connectivity index (χ2n) is 8.97. The van der Waals surface area contributed by atoms with E-state index in [-0.39, 0.29) is 50.8 Å². The Hall–Kier alpha value is -3.26. The molecule has 0 aliphatic carbocycles. The SMILES string of the molecule is C.[Cl-].[Cl-].[V+4].c1ccc2c(c1)ccc1[cH-]c3ccccc3c12.c1ccc2c(c1)ccc1[cH-]c3ccccc3c12. The van der Waals surface area contributed by atoms with Crippen molar-refractivity contribution in [3.05, 3.63) is 133 Å². The van der Waals surface area contributed by atoms with Gasteiger partial charge in [0.1, 0.15) is 0 Å². The third kappa shape index (κ3) is 4.82. The minimum atomic E-state index is 0. The van der Waals surface area contributed by atoms with Gasteiger partial charge in [-0.25, -0.2) is 0 Å². The molecule has 0 aromatic heterocycles. The van der Waals surface area contributed by atoms with E-state index in [1.165, 1.54) is 64.6 Å². The van der Waals surface area contributed by atoms with Crippen molar-refractivity contribution in [3.63, 3.8) is 0 Å². The van der Waals surface area contributed by atoms with Gasteiger partial charge >= 0.3 is 18.6 Å². The summed E-state index contributed by atoms with van der Waals surface area (Å²) in [4.78, 5) is 0. The van der Waals surface area contributed by atoms with E-state index in [1.807, 2.05) is 0 Å². The molecule has 0 aliphatic rings. The van der Waals surface area contributed by atoms with Gasteiger partial charge in [0.25, 0.3) is 0 Å². The Morgan fingerprint density at radius 2 is 0.684 bits per heavy atom. The molecule has 8 aromatic rings. The molecule has 0 spiro atoms. The van der Waals surface area contributed by atoms with Gasteiger partial charge in [-0.2, -0.15) is 0 Å². The summed E-state index contributed by atoms with van der Waals surface area (Å²) in [7, 11) is 0. The zero-order chi connectivity index (χ0) is 22.5. The molecule has 0 unspecified atom stereocenters. The molecule has 0 bridgehead atoms. The predicted molar refractivity (Wildman–Crippen MR) is 156 cm³/mol. The third-order valence-corrected chi connectivity index (χ3v) is 7.00. The zero-order valence-electron chi connectivity index (χ0n) is 19.9. The molecule has 8 rings (SSSR count). The van der Waals surface area contributed by atoms with Crippen LogP contribution in [0.5, 0.6) is 0 Å². The second kappa shape index (κ2) is 12.1. The normalized spacial score (nSPS) is 10.3. The molecule has 0 fully saturated rings. The number of hydrogen-bond donors (Lipinski definition) is 0. The molecule has 185 valence electrons. The Morgan fingerprint density at radius 3 is 1.11 bits per heavy atom. The maximum Gasteiger partial charge on any atom is 4.00 e. The summed E-state index contributed by atoms with van der Waals surface area (Å²) in [5.74, 6) is 0. The van der Waals surface area contributed by atoms with Crippen LogP contribution in [0.3, 0.4) is 0 Å². The summed E-state index contributed by atoms with van der Waals surface area (Å²) in [5, 5.41) is 16.2. The van der Waals surface area contributed by atoms with Gasteiger partial charge in [0.15, 0.2) is 0 Å². The summed E-state index contributed by atoms with van der Waals surface area (Å²) in [6, 6.07) is 47.8. The largest absolute Gasteiger partial charge is 4.00 e. The first-order valence-electron chi connectivity index (χ1n) is 11.8. The Labute approximate surface area is 247 Å². The number of rotatable bonds is 0. The second-order valence-corrected chi connectivity index (χ2v) is 8.97. The van der Waals surface area contributed by atoms with E-state index < -0.39 is 0 Å². The van der Waals surface area contributed by atoms with Crippen molar-refractivity contribution < 1.29 is 43.4 Å². The molecule has 0 nitrogen and oxygen atoms in total. The van der Waals surface area contributed by atoms with Crippen molar-refractivity contribution >= 4 is 64.6 Å². The van der Waals surface area contributed by atoms with Crippen molar-refractivity contribution in [2.45, 2.75) is 7.43 Å². The van der Waals surface area contributed by atoms with Gasteiger partial charge in [0, 0.05) is 0 Å². The summed E-state index contributed by atoms with van der Waals surface area (Å²) >= 11 is 0. The topological polar surface area (TPSA) is 0 Å². The first-order valence-corrected chi connectivity index (χ1v) is 11.8. The van der Waals surface area contributed by atoms with Gasteiger partial charge in [0.2, 0.25) is 0 Å². The van der Waals surface area contributed by atoms with Gasteiger partial charge in [-0.1, -0.05) is 115 Å². The fourth-order valence-electron chi connectivity index (χ4n) is 5.45. The van der Waals surface area contributed by atoms with Crippen molar-refractivity contribution in [1.29, 1.82) is 0 Å². The van der Waals surface area contributed by atoms with Crippen molar-refractivity contribution in [2.75, 3.05) is 0 Å². The Balaban J connectivity index is 0.000000190. The molecule has 0 amide bonds. The Kier molecular flexibility index (Phi) is 9.31. The molecule has 8 aromatic carbocycles. The smallest absolute Gasteiger partial charge is 1.00 e. The van der Waals surface area contributed by atoms with Gasteiger partial charge < -0.3 is 24.8 Å². The molecule has 1 radical (unpaired) electrons. The Bertz CT molecular complexity index is 1820. The minimum Gasteiger partial charge on any atom is -1.00 e. The van der Waals surface area contributed by atoms with E-state index in [0.29, 0.717) is 0 Å². The first kappa shape index (κ1) is 29.3. The molecule has 38 heavy (non-hydrogen) atoms. The monoisotopic (exact) mass is 567 g/mol. The van der Waals surface area contributed by atoms with Crippen LogP contribution in [0.25, 0.3) is 64.6 Å². The van der Waals surface area contributed by atoms with E-state index >= 15 is 0 Å². The summed E-state index contributed by atoms with van der Waals surface area (Å²) < 4.78 is 0. The number of hydrogen-bond acceptors (Lipinski definition) is 0. The number of fused-ring (bicyclic) bond motifs is 10. The van der Waals surface area contributed by atoms with Crippen LogP contribution in [0, 0.1) is 0 Å². The van der Waals surface area contributed by atoms with Crippen LogP contribution >= 0.6 is 0 Å². The third-order valence-electron chi connectivity index (χ3n) is 7.00. The average Bonchev–Trinajstić information content (AvgIpc) is 3.48. The van der Waals surface area contributed by atoms with E-state index in [4.69, 9.17) is 0 Å². The van der Waals surface area contributed by atoms with Gasteiger partial charge in [0.05, 0.1) is 0 Å². The number of halogens is 2. The van der Waals surface area contributed by atoms with Gasteiger partial charge in [-0.3, -0.25) is 0 Å². The van der Waals surface area contributed by atoms with Gasteiger partial charge in [-0.05, 0) is 10.8 Å². The average molecular weight is 568 g/mol. The summed E-state index contributed by atoms with van der Waals surface area (Å²) in [6.07, 6.45) is 0. The summed E-state index contributed by atoms with van der Waals surface area (Å²) in [6.45, 7) is 0. The quantitative estimate of drug-likeness (QED) is 0.239. The maximum absolute atomic E-state index is 2.27. The molecule has 0 N–H and O–H groups in total. The van der Waals surface area contributed by atoms with E-state index in [1.54, 1.807) is 0 Å². The Morgan fingerprint density at radius 1 is 0.342 bits per heavy atom. The molecular formula is C35H26Cl2V.